The first-order valence-corrected chi connectivity index (χ1v) is 9.74. The molecule has 4 aliphatic rings. The van der Waals surface area contributed by atoms with Gasteiger partial charge in [-0.1, -0.05) is 6.92 Å². The molecule has 1 aromatic rings. The fourth-order valence-electron chi connectivity index (χ4n) is 4.54. The minimum absolute atomic E-state index is 0.0874. The first-order valence-electron chi connectivity index (χ1n) is 8.92. The quantitative estimate of drug-likeness (QED) is 0.854. The number of morpholine rings is 1. The molecule has 3 heterocycles. The molecule has 5 rings (SSSR count). The van der Waals surface area contributed by atoms with Gasteiger partial charge in [0.2, 0.25) is 0 Å². The van der Waals surface area contributed by atoms with Crippen LogP contribution in [0.2, 0.25) is 0 Å². The molecule has 4 nitrogen and oxygen atoms in total. The molecule has 5 heteroatoms. The summed E-state index contributed by atoms with van der Waals surface area (Å²) in [5.74, 6) is 2.27. The Morgan fingerprint density at radius 2 is 2.09 bits per heavy atom. The maximum Gasteiger partial charge on any atom is 0.118 e. The van der Waals surface area contributed by atoms with Crippen LogP contribution in [0.4, 0.5) is 10.0 Å². The number of nitriles is 1. The van der Waals surface area contributed by atoms with E-state index in [4.69, 9.17) is 4.74 Å². The van der Waals surface area contributed by atoms with E-state index in [2.05, 4.69) is 28.9 Å². The zero-order valence-electron chi connectivity index (χ0n) is 13.6. The van der Waals surface area contributed by atoms with E-state index in [1.165, 1.54) is 22.8 Å². The van der Waals surface area contributed by atoms with E-state index in [9.17, 15) is 5.26 Å². The third-order valence-corrected chi connectivity index (χ3v) is 7.34. The minimum Gasteiger partial charge on any atom is -0.378 e. The van der Waals surface area contributed by atoms with Gasteiger partial charge in [0.1, 0.15) is 6.04 Å². The van der Waals surface area contributed by atoms with Crippen LogP contribution in [-0.4, -0.2) is 38.4 Å². The van der Waals surface area contributed by atoms with Crippen LogP contribution in [0.1, 0.15) is 37.7 Å². The highest BCUT2D eigenvalue weighted by Crippen LogP contribution is 2.58. The standard InChI is InChI=1S/C18H23N3OS/c1-11-14-8-13(10-19)21(17(11)14)16-9-15(12-2-3-12)18(23-16)20-4-6-22-7-5-20/h9,11-14,17H,2-8H2,1H3/t11-,13-,14-,17?/m0/s1. The van der Waals surface area contributed by atoms with Crippen LogP contribution in [0, 0.1) is 23.2 Å². The van der Waals surface area contributed by atoms with Gasteiger partial charge in [-0.15, -0.1) is 11.3 Å². The lowest BCUT2D eigenvalue weighted by atomic mass is 10.1. The van der Waals surface area contributed by atoms with Crippen molar-refractivity contribution < 1.29 is 4.74 Å². The van der Waals surface area contributed by atoms with Crippen LogP contribution >= 0.6 is 11.3 Å². The number of anilines is 2. The Kier molecular flexibility index (Phi) is 3.15. The second-order valence-corrected chi connectivity index (χ2v) is 8.53. The Bertz CT molecular complexity index is 656. The van der Waals surface area contributed by atoms with Crippen molar-refractivity contribution >= 4 is 21.3 Å². The van der Waals surface area contributed by atoms with Gasteiger partial charge in [0.25, 0.3) is 0 Å². The molecule has 1 aromatic heterocycles. The lowest BCUT2D eigenvalue weighted by Crippen LogP contribution is -2.36. The van der Waals surface area contributed by atoms with Gasteiger partial charge in [-0.3, -0.25) is 0 Å². The predicted octanol–water partition coefficient (Wildman–Crippen LogP) is 3.20. The van der Waals surface area contributed by atoms with Crippen molar-refractivity contribution in [1.82, 2.24) is 0 Å². The number of hydrogen-bond donors (Lipinski definition) is 0. The molecular formula is C18H23N3OS. The Hall–Kier alpha value is -1.25. The van der Waals surface area contributed by atoms with Crippen LogP contribution in [0.25, 0.3) is 0 Å². The summed E-state index contributed by atoms with van der Waals surface area (Å²) in [6, 6.07) is 5.67. The van der Waals surface area contributed by atoms with Gasteiger partial charge in [-0.05, 0) is 48.6 Å². The normalized spacial score (nSPS) is 36.0. The molecule has 0 spiro atoms. The van der Waals surface area contributed by atoms with E-state index < -0.39 is 0 Å². The molecule has 1 unspecified atom stereocenters. The third-order valence-electron chi connectivity index (χ3n) is 6.11. The summed E-state index contributed by atoms with van der Waals surface area (Å²) in [5.41, 5.74) is 1.54. The Morgan fingerprint density at radius 1 is 1.30 bits per heavy atom. The number of ether oxygens (including phenoxy) is 1. The lowest BCUT2D eigenvalue weighted by Gasteiger charge is -2.29. The average Bonchev–Trinajstić information content (AvgIpc) is 3.43. The van der Waals surface area contributed by atoms with Crippen molar-refractivity contribution in [2.75, 3.05) is 36.1 Å². The molecule has 0 radical (unpaired) electrons. The first-order chi connectivity index (χ1) is 11.3. The summed E-state index contributed by atoms with van der Waals surface area (Å²) in [7, 11) is 0. The zero-order valence-corrected chi connectivity index (χ0v) is 14.4. The van der Waals surface area contributed by atoms with Gasteiger partial charge in [0.15, 0.2) is 0 Å². The summed E-state index contributed by atoms with van der Waals surface area (Å²) >= 11 is 1.93. The molecule has 0 amide bonds. The number of hydrogen-bond acceptors (Lipinski definition) is 5. The molecule has 122 valence electrons. The monoisotopic (exact) mass is 329 g/mol. The predicted molar refractivity (Wildman–Crippen MR) is 92.3 cm³/mol. The van der Waals surface area contributed by atoms with E-state index >= 15 is 0 Å². The van der Waals surface area contributed by atoms with Crippen LogP contribution in [0.15, 0.2) is 6.07 Å². The molecule has 2 saturated heterocycles. The molecule has 2 saturated carbocycles. The highest BCUT2D eigenvalue weighted by molar-refractivity contribution is 7.20. The highest BCUT2D eigenvalue weighted by Gasteiger charge is 2.59. The number of thiophene rings is 1. The molecule has 2 aliphatic carbocycles. The summed E-state index contributed by atoms with van der Waals surface area (Å²) in [5, 5.41) is 12.4. The smallest absolute Gasteiger partial charge is 0.118 e. The molecule has 0 aromatic carbocycles. The number of fused-ring (bicyclic) bond motifs is 1. The highest BCUT2D eigenvalue weighted by atomic mass is 32.1. The van der Waals surface area contributed by atoms with E-state index in [1.807, 2.05) is 11.3 Å². The molecule has 0 bridgehead atoms. The average molecular weight is 329 g/mol. The zero-order chi connectivity index (χ0) is 15.6. The molecule has 0 N–H and O–H groups in total. The SMILES string of the molecule is C[C@@H]1C2[C@H]1C[C@@H](C#N)N2c1cc(C2CC2)c(N2CCOCC2)s1. The van der Waals surface area contributed by atoms with Gasteiger partial charge >= 0.3 is 0 Å². The molecule has 23 heavy (non-hydrogen) atoms. The van der Waals surface area contributed by atoms with Crippen molar-refractivity contribution in [3.8, 4) is 6.07 Å². The van der Waals surface area contributed by atoms with Crippen molar-refractivity contribution in [2.24, 2.45) is 11.8 Å². The number of piperidine rings is 1. The maximum atomic E-state index is 9.55. The molecule has 4 atom stereocenters. The fourth-order valence-corrected chi connectivity index (χ4v) is 5.93. The minimum atomic E-state index is 0.0874. The number of rotatable bonds is 3. The topological polar surface area (TPSA) is 39.5 Å². The van der Waals surface area contributed by atoms with E-state index in [0.29, 0.717) is 6.04 Å². The largest absolute Gasteiger partial charge is 0.378 e. The fraction of sp³-hybridized carbons (Fsp3) is 0.722. The third kappa shape index (κ3) is 2.19. The Morgan fingerprint density at radius 3 is 2.78 bits per heavy atom. The Balaban J connectivity index is 1.50. The second kappa shape index (κ2) is 5.12. The summed E-state index contributed by atoms with van der Waals surface area (Å²) in [6.07, 6.45) is 3.72. The van der Waals surface area contributed by atoms with Crippen molar-refractivity contribution in [3.05, 3.63) is 11.6 Å². The second-order valence-electron chi connectivity index (χ2n) is 7.52. The molecule has 4 fully saturated rings. The first kappa shape index (κ1) is 14.1. The van der Waals surface area contributed by atoms with Crippen molar-refractivity contribution in [1.29, 1.82) is 5.26 Å². The van der Waals surface area contributed by atoms with Gasteiger partial charge in [0, 0.05) is 19.1 Å². The molecule has 2 aliphatic heterocycles. The van der Waals surface area contributed by atoms with Crippen molar-refractivity contribution in [3.63, 3.8) is 0 Å². The summed E-state index contributed by atoms with van der Waals surface area (Å²) in [4.78, 5) is 4.96. The van der Waals surface area contributed by atoms with E-state index in [-0.39, 0.29) is 6.04 Å². The molecular weight excluding hydrogens is 306 g/mol. The van der Waals surface area contributed by atoms with Gasteiger partial charge < -0.3 is 14.5 Å². The van der Waals surface area contributed by atoms with Crippen LogP contribution in [-0.2, 0) is 4.74 Å². The summed E-state index contributed by atoms with van der Waals surface area (Å²) in [6.45, 7) is 6.02. The lowest BCUT2D eigenvalue weighted by molar-refractivity contribution is 0.123. The van der Waals surface area contributed by atoms with E-state index in [0.717, 1.165) is 50.5 Å². The van der Waals surface area contributed by atoms with Crippen LogP contribution in [0.3, 0.4) is 0 Å². The van der Waals surface area contributed by atoms with Gasteiger partial charge in [-0.2, -0.15) is 5.26 Å². The van der Waals surface area contributed by atoms with E-state index in [1.54, 1.807) is 5.56 Å². The van der Waals surface area contributed by atoms with Gasteiger partial charge in [-0.25, -0.2) is 0 Å². The van der Waals surface area contributed by atoms with Crippen molar-refractivity contribution in [2.45, 2.75) is 44.2 Å². The van der Waals surface area contributed by atoms with Crippen LogP contribution in [0.5, 0.6) is 0 Å². The maximum absolute atomic E-state index is 9.55. The van der Waals surface area contributed by atoms with Gasteiger partial charge in [0.05, 0.1) is 29.3 Å². The Labute approximate surface area is 141 Å². The number of nitrogens with zero attached hydrogens (tertiary/aromatic N) is 3. The summed E-state index contributed by atoms with van der Waals surface area (Å²) < 4.78 is 5.53. The van der Waals surface area contributed by atoms with Crippen LogP contribution < -0.4 is 9.80 Å².